The molecule has 0 saturated heterocycles. The van der Waals surface area contributed by atoms with E-state index in [1.807, 2.05) is 48.5 Å². The van der Waals surface area contributed by atoms with E-state index < -0.39 is 0 Å². The van der Waals surface area contributed by atoms with Gasteiger partial charge >= 0.3 is 5.00 Å². The maximum absolute atomic E-state index is 10.7. The van der Waals surface area contributed by atoms with Gasteiger partial charge in [0.15, 0.2) is 0 Å². The summed E-state index contributed by atoms with van der Waals surface area (Å²) in [6, 6.07) is 17.6. The van der Waals surface area contributed by atoms with Crippen molar-refractivity contribution < 1.29 is 4.92 Å². The number of thiophene rings is 1. The van der Waals surface area contributed by atoms with Crippen molar-refractivity contribution in [3.63, 3.8) is 0 Å². The predicted octanol–water partition coefficient (Wildman–Crippen LogP) is 4.48. The molecule has 0 aliphatic carbocycles. The summed E-state index contributed by atoms with van der Waals surface area (Å²) in [7, 11) is 0. The molecule has 2 aromatic carbocycles. The van der Waals surface area contributed by atoms with Crippen LogP contribution in [0.2, 0.25) is 0 Å². The molecule has 18 heavy (non-hydrogen) atoms. The van der Waals surface area contributed by atoms with Gasteiger partial charge in [-0.1, -0.05) is 47.7 Å². The number of nitro groups is 1. The van der Waals surface area contributed by atoms with Crippen molar-refractivity contribution in [2.45, 2.75) is 0 Å². The highest BCUT2D eigenvalue weighted by molar-refractivity contribution is 7.22. The Hall–Kier alpha value is -2.20. The molecule has 0 bridgehead atoms. The van der Waals surface area contributed by atoms with Gasteiger partial charge in [0.2, 0.25) is 0 Å². The molecule has 3 rings (SSSR count). The van der Waals surface area contributed by atoms with Gasteiger partial charge < -0.3 is 0 Å². The molecule has 0 aliphatic rings. The van der Waals surface area contributed by atoms with E-state index in [2.05, 4.69) is 0 Å². The highest BCUT2D eigenvalue weighted by atomic mass is 32.1. The quantitative estimate of drug-likeness (QED) is 0.500. The molecule has 0 atom stereocenters. The number of benzene rings is 2. The smallest absolute Gasteiger partial charge is 0.258 e. The lowest BCUT2D eigenvalue weighted by atomic mass is 10.0. The van der Waals surface area contributed by atoms with E-state index in [-0.39, 0.29) is 9.92 Å². The average Bonchev–Trinajstić information content (AvgIpc) is 2.82. The van der Waals surface area contributed by atoms with Gasteiger partial charge in [0.05, 0.1) is 4.92 Å². The minimum Gasteiger partial charge on any atom is -0.258 e. The van der Waals surface area contributed by atoms with Crippen molar-refractivity contribution in [3.8, 4) is 11.1 Å². The molecule has 88 valence electrons. The predicted molar refractivity (Wildman–Crippen MR) is 73.9 cm³/mol. The van der Waals surface area contributed by atoms with E-state index in [9.17, 15) is 10.1 Å². The van der Waals surface area contributed by atoms with E-state index in [0.717, 1.165) is 21.2 Å². The van der Waals surface area contributed by atoms with Crippen LogP contribution in [0, 0.1) is 10.1 Å². The summed E-state index contributed by atoms with van der Waals surface area (Å²) in [5.41, 5.74) is 2.20. The average molecular weight is 255 g/mol. The Morgan fingerprint density at radius 1 is 0.944 bits per heavy atom. The fraction of sp³-hybridized carbons (Fsp3) is 0. The lowest BCUT2D eigenvalue weighted by molar-refractivity contribution is -0.380. The zero-order valence-electron chi connectivity index (χ0n) is 9.37. The molecule has 1 aromatic heterocycles. The SMILES string of the molecule is O=[N+]([O-])c1cc2cc(-c3ccccc3)ccc2s1. The van der Waals surface area contributed by atoms with Gasteiger partial charge in [-0.05, 0) is 23.3 Å². The summed E-state index contributed by atoms with van der Waals surface area (Å²) in [6.07, 6.45) is 0. The number of rotatable bonds is 2. The minimum absolute atomic E-state index is 0.190. The molecular weight excluding hydrogens is 246 g/mol. The van der Waals surface area contributed by atoms with Crippen molar-refractivity contribution in [1.82, 2.24) is 0 Å². The first-order chi connectivity index (χ1) is 8.74. The van der Waals surface area contributed by atoms with Crippen LogP contribution in [0.15, 0.2) is 54.6 Å². The maximum Gasteiger partial charge on any atom is 0.325 e. The van der Waals surface area contributed by atoms with E-state index in [1.165, 1.54) is 11.3 Å². The standard InChI is InChI=1S/C14H9NO2S/c16-15(17)14-9-12-8-11(6-7-13(12)18-14)10-4-2-1-3-5-10/h1-9H. The number of hydrogen-bond donors (Lipinski definition) is 0. The van der Waals surface area contributed by atoms with Crippen LogP contribution in [0.5, 0.6) is 0 Å². The van der Waals surface area contributed by atoms with Crippen LogP contribution in [-0.4, -0.2) is 4.92 Å². The topological polar surface area (TPSA) is 43.1 Å². The molecule has 0 spiro atoms. The van der Waals surface area contributed by atoms with Crippen molar-refractivity contribution in [1.29, 1.82) is 0 Å². The Balaban J connectivity index is 2.14. The van der Waals surface area contributed by atoms with Gasteiger partial charge in [-0.2, -0.15) is 0 Å². The Kier molecular flexibility index (Phi) is 2.57. The number of fused-ring (bicyclic) bond motifs is 1. The number of hydrogen-bond acceptors (Lipinski definition) is 3. The van der Waals surface area contributed by atoms with Crippen molar-refractivity contribution in [2.24, 2.45) is 0 Å². The zero-order chi connectivity index (χ0) is 12.5. The Labute approximate surface area is 107 Å². The fourth-order valence-corrected chi connectivity index (χ4v) is 2.79. The molecule has 0 saturated carbocycles. The summed E-state index contributed by atoms with van der Waals surface area (Å²) in [5, 5.41) is 11.9. The molecule has 3 nitrogen and oxygen atoms in total. The highest BCUT2D eigenvalue weighted by Crippen LogP contribution is 2.33. The largest absolute Gasteiger partial charge is 0.325 e. The van der Waals surface area contributed by atoms with Crippen LogP contribution in [0.3, 0.4) is 0 Å². The highest BCUT2D eigenvalue weighted by Gasteiger charge is 2.11. The summed E-state index contributed by atoms with van der Waals surface area (Å²) in [4.78, 5) is 10.4. The third kappa shape index (κ3) is 1.87. The Bertz CT molecular complexity index is 719. The first-order valence-electron chi connectivity index (χ1n) is 5.47. The van der Waals surface area contributed by atoms with Crippen LogP contribution in [0.4, 0.5) is 5.00 Å². The molecule has 0 aliphatic heterocycles. The first-order valence-corrected chi connectivity index (χ1v) is 6.29. The van der Waals surface area contributed by atoms with Crippen LogP contribution < -0.4 is 0 Å². The summed E-state index contributed by atoms with van der Waals surface area (Å²) in [5.74, 6) is 0. The van der Waals surface area contributed by atoms with Crippen molar-refractivity contribution >= 4 is 26.4 Å². The second-order valence-corrected chi connectivity index (χ2v) is 5.02. The lowest BCUT2D eigenvalue weighted by Crippen LogP contribution is -1.80. The molecule has 4 heteroatoms. The van der Waals surface area contributed by atoms with E-state index >= 15 is 0 Å². The van der Waals surface area contributed by atoms with Gasteiger partial charge in [-0.15, -0.1) is 0 Å². The molecule has 0 fully saturated rings. The van der Waals surface area contributed by atoms with Crippen molar-refractivity contribution in [2.75, 3.05) is 0 Å². The Morgan fingerprint density at radius 2 is 1.72 bits per heavy atom. The maximum atomic E-state index is 10.7. The summed E-state index contributed by atoms with van der Waals surface area (Å²) < 4.78 is 0.946. The van der Waals surface area contributed by atoms with Gasteiger partial charge in [-0.3, -0.25) is 10.1 Å². The zero-order valence-corrected chi connectivity index (χ0v) is 10.2. The van der Waals surface area contributed by atoms with Gasteiger partial charge in [-0.25, -0.2) is 0 Å². The Morgan fingerprint density at radius 3 is 2.44 bits per heavy atom. The van der Waals surface area contributed by atoms with Crippen molar-refractivity contribution in [3.05, 3.63) is 64.7 Å². The normalized spacial score (nSPS) is 10.7. The van der Waals surface area contributed by atoms with E-state index in [1.54, 1.807) is 6.07 Å². The van der Waals surface area contributed by atoms with Gasteiger partial charge in [0.1, 0.15) is 0 Å². The third-order valence-corrected chi connectivity index (χ3v) is 3.86. The van der Waals surface area contributed by atoms with E-state index in [0.29, 0.717) is 0 Å². The minimum atomic E-state index is -0.340. The fourth-order valence-electron chi connectivity index (χ4n) is 1.93. The van der Waals surface area contributed by atoms with Crippen LogP contribution in [-0.2, 0) is 0 Å². The van der Waals surface area contributed by atoms with Gasteiger partial charge in [0, 0.05) is 16.2 Å². The second-order valence-electron chi connectivity index (χ2n) is 3.96. The molecule has 0 amide bonds. The van der Waals surface area contributed by atoms with E-state index in [4.69, 9.17) is 0 Å². The van der Waals surface area contributed by atoms with Crippen LogP contribution in [0.1, 0.15) is 0 Å². The molecule has 0 N–H and O–H groups in total. The molecule has 0 unspecified atom stereocenters. The molecule has 3 aromatic rings. The van der Waals surface area contributed by atoms with Crippen LogP contribution >= 0.6 is 11.3 Å². The third-order valence-electron chi connectivity index (χ3n) is 2.79. The first kappa shape index (κ1) is 10.9. The summed E-state index contributed by atoms with van der Waals surface area (Å²) >= 11 is 1.21. The molecular formula is C14H9NO2S. The monoisotopic (exact) mass is 255 g/mol. The molecule has 0 radical (unpaired) electrons. The summed E-state index contributed by atoms with van der Waals surface area (Å²) in [6.45, 7) is 0. The second kappa shape index (κ2) is 4.23. The van der Waals surface area contributed by atoms with Gasteiger partial charge in [0.25, 0.3) is 0 Å². The lowest BCUT2D eigenvalue weighted by Gasteiger charge is -2.00. The van der Waals surface area contributed by atoms with Crippen LogP contribution in [0.25, 0.3) is 21.2 Å². The number of nitrogens with zero attached hydrogens (tertiary/aromatic N) is 1. The molecule has 1 heterocycles.